The van der Waals surface area contributed by atoms with Gasteiger partial charge in [0.15, 0.2) is 0 Å². The molecule has 0 saturated carbocycles. The van der Waals surface area contributed by atoms with E-state index in [1.807, 2.05) is 0 Å². The Bertz CT molecular complexity index is 950. The molecule has 0 amide bonds. The van der Waals surface area contributed by atoms with Gasteiger partial charge in [0.2, 0.25) is 0 Å². The molecule has 0 saturated heterocycles. The van der Waals surface area contributed by atoms with Crippen LogP contribution in [0.5, 0.6) is 0 Å². The first kappa shape index (κ1) is 16.4. The van der Waals surface area contributed by atoms with Crippen molar-refractivity contribution < 1.29 is 0 Å². The van der Waals surface area contributed by atoms with Gasteiger partial charge < -0.3 is 0 Å². The minimum absolute atomic E-state index is 1.25. The first-order valence-electron chi connectivity index (χ1n) is 9.04. The second-order valence-electron chi connectivity index (χ2n) is 6.91. The van der Waals surface area contributed by atoms with E-state index in [0.29, 0.717) is 0 Å². The minimum atomic E-state index is 1.25. The Kier molecular flexibility index (Phi) is 4.41. The van der Waals surface area contributed by atoms with Crippen molar-refractivity contribution in [2.24, 2.45) is 0 Å². The van der Waals surface area contributed by atoms with Crippen LogP contribution in [0.4, 0.5) is 0 Å². The third-order valence-corrected chi connectivity index (χ3v) is 4.70. The molecule has 0 aromatic heterocycles. The summed E-state index contributed by atoms with van der Waals surface area (Å²) in [5.41, 5.74) is 10.1. The smallest absolute Gasteiger partial charge is 0.0171 e. The molecule has 4 aromatic carbocycles. The number of rotatable bonds is 3. The topological polar surface area (TPSA) is 0 Å². The SMILES string of the molecule is Cc1cc(C)cc(-c2cc(-c3ccccc3)cc(-c3ccccc3)c2)c1. The van der Waals surface area contributed by atoms with E-state index in [1.165, 1.54) is 44.5 Å². The standard InChI is InChI=1S/C26H22/c1-19-13-20(2)15-23(14-19)26-17-24(21-9-5-3-6-10-21)16-25(18-26)22-11-7-4-8-12-22/h3-18H,1-2H3. The predicted molar refractivity (Wildman–Crippen MR) is 112 cm³/mol. The molecule has 0 heteroatoms. The number of hydrogen-bond acceptors (Lipinski definition) is 0. The number of hydrogen-bond donors (Lipinski definition) is 0. The Morgan fingerprint density at radius 3 is 1.12 bits per heavy atom. The monoisotopic (exact) mass is 334 g/mol. The lowest BCUT2D eigenvalue weighted by molar-refractivity contribution is 1.38. The Labute approximate surface area is 155 Å². The van der Waals surface area contributed by atoms with Crippen molar-refractivity contribution in [2.75, 3.05) is 0 Å². The zero-order chi connectivity index (χ0) is 17.9. The molecule has 0 nitrogen and oxygen atoms in total. The summed E-state index contributed by atoms with van der Waals surface area (Å²) in [6, 6.07) is 34.9. The average molecular weight is 334 g/mol. The molecule has 0 bridgehead atoms. The van der Waals surface area contributed by atoms with Crippen LogP contribution in [0.25, 0.3) is 33.4 Å². The van der Waals surface area contributed by atoms with Gasteiger partial charge in [0.1, 0.15) is 0 Å². The van der Waals surface area contributed by atoms with E-state index in [1.54, 1.807) is 0 Å². The molecule has 0 aliphatic rings. The van der Waals surface area contributed by atoms with E-state index in [2.05, 4.69) is 111 Å². The average Bonchev–Trinajstić information content (AvgIpc) is 2.68. The highest BCUT2D eigenvalue weighted by molar-refractivity contribution is 5.81. The fraction of sp³-hybridized carbons (Fsp3) is 0.0769. The lowest BCUT2D eigenvalue weighted by Crippen LogP contribution is -1.87. The van der Waals surface area contributed by atoms with Crippen molar-refractivity contribution in [1.29, 1.82) is 0 Å². The van der Waals surface area contributed by atoms with Crippen LogP contribution in [-0.2, 0) is 0 Å². The van der Waals surface area contributed by atoms with Gasteiger partial charge >= 0.3 is 0 Å². The van der Waals surface area contributed by atoms with Gasteiger partial charge in [0.05, 0.1) is 0 Å². The fourth-order valence-corrected chi connectivity index (χ4v) is 3.53. The van der Waals surface area contributed by atoms with E-state index in [0.717, 1.165) is 0 Å². The number of aryl methyl sites for hydroxylation is 2. The van der Waals surface area contributed by atoms with Crippen LogP contribution in [0, 0.1) is 13.8 Å². The molecule has 4 rings (SSSR count). The maximum absolute atomic E-state index is 2.30. The minimum Gasteiger partial charge on any atom is -0.0622 e. The zero-order valence-electron chi connectivity index (χ0n) is 15.2. The lowest BCUT2D eigenvalue weighted by atomic mass is 9.92. The molecule has 0 fully saturated rings. The van der Waals surface area contributed by atoms with Crippen LogP contribution >= 0.6 is 0 Å². The quantitative estimate of drug-likeness (QED) is 0.368. The van der Waals surface area contributed by atoms with Gasteiger partial charge in [0, 0.05) is 0 Å². The van der Waals surface area contributed by atoms with Crippen LogP contribution < -0.4 is 0 Å². The highest BCUT2D eigenvalue weighted by atomic mass is 14.1. The van der Waals surface area contributed by atoms with Crippen LogP contribution in [-0.4, -0.2) is 0 Å². The summed E-state index contributed by atoms with van der Waals surface area (Å²) in [5, 5.41) is 0. The molecule has 0 aliphatic carbocycles. The second-order valence-corrected chi connectivity index (χ2v) is 6.91. The van der Waals surface area contributed by atoms with Gasteiger partial charge in [-0.1, -0.05) is 90.0 Å². The van der Waals surface area contributed by atoms with Crippen LogP contribution in [0.1, 0.15) is 11.1 Å². The van der Waals surface area contributed by atoms with Gasteiger partial charge in [-0.05, 0) is 65.4 Å². The van der Waals surface area contributed by atoms with E-state index >= 15 is 0 Å². The third kappa shape index (κ3) is 3.45. The summed E-state index contributed by atoms with van der Waals surface area (Å²) in [5.74, 6) is 0. The highest BCUT2D eigenvalue weighted by Crippen LogP contribution is 2.33. The van der Waals surface area contributed by atoms with Gasteiger partial charge in [-0.3, -0.25) is 0 Å². The Balaban J connectivity index is 1.93. The molecule has 26 heavy (non-hydrogen) atoms. The van der Waals surface area contributed by atoms with E-state index < -0.39 is 0 Å². The Morgan fingerprint density at radius 1 is 0.346 bits per heavy atom. The first-order chi connectivity index (χ1) is 12.7. The largest absolute Gasteiger partial charge is 0.0622 e. The molecule has 0 unspecified atom stereocenters. The van der Waals surface area contributed by atoms with Crippen molar-refractivity contribution in [3.8, 4) is 33.4 Å². The zero-order valence-corrected chi connectivity index (χ0v) is 15.2. The second kappa shape index (κ2) is 7.01. The molecule has 0 N–H and O–H groups in total. The summed E-state index contributed by atoms with van der Waals surface area (Å²) < 4.78 is 0. The van der Waals surface area contributed by atoms with Crippen molar-refractivity contribution >= 4 is 0 Å². The molecule has 126 valence electrons. The van der Waals surface area contributed by atoms with Gasteiger partial charge in [0.25, 0.3) is 0 Å². The van der Waals surface area contributed by atoms with E-state index in [-0.39, 0.29) is 0 Å². The Morgan fingerprint density at radius 2 is 0.692 bits per heavy atom. The van der Waals surface area contributed by atoms with Gasteiger partial charge in [-0.25, -0.2) is 0 Å². The molecule has 0 heterocycles. The van der Waals surface area contributed by atoms with Crippen molar-refractivity contribution in [1.82, 2.24) is 0 Å². The fourth-order valence-electron chi connectivity index (χ4n) is 3.53. The third-order valence-electron chi connectivity index (χ3n) is 4.70. The summed E-state index contributed by atoms with van der Waals surface area (Å²) in [7, 11) is 0. The van der Waals surface area contributed by atoms with E-state index in [4.69, 9.17) is 0 Å². The van der Waals surface area contributed by atoms with Crippen LogP contribution in [0.15, 0.2) is 97.1 Å². The van der Waals surface area contributed by atoms with Crippen LogP contribution in [0.3, 0.4) is 0 Å². The van der Waals surface area contributed by atoms with Crippen molar-refractivity contribution in [2.45, 2.75) is 13.8 Å². The van der Waals surface area contributed by atoms with Crippen LogP contribution in [0.2, 0.25) is 0 Å². The summed E-state index contributed by atoms with van der Waals surface area (Å²) >= 11 is 0. The molecular weight excluding hydrogens is 312 g/mol. The maximum Gasteiger partial charge on any atom is -0.0171 e. The molecular formula is C26H22. The molecule has 0 atom stereocenters. The molecule has 0 spiro atoms. The van der Waals surface area contributed by atoms with Crippen molar-refractivity contribution in [3.05, 3.63) is 108 Å². The highest BCUT2D eigenvalue weighted by Gasteiger charge is 2.08. The first-order valence-corrected chi connectivity index (χ1v) is 9.04. The normalized spacial score (nSPS) is 10.7. The Hall–Kier alpha value is -3.12. The molecule has 0 aliphatic heterocycles. The van der Waals surface area contributed by atoms with Gasteiger partial charge in [-0.15, -0.1) is 0 Å². The van der Waals surface area contributed by atoms with Crippen molar-refractivity contribution in [3.63, 3.8) is 0 Å². The lowest BCUT2D eigenvalue weighted by Gasteiger charge is -2.12. The number of benzene rings is 4. The maximum atomic E-state index is 2.30. The summed E-state index contributed by atoms with van der Waals surface area (Å²) in [4.78, 5) is 0. The summed E-state index contributed by atoms with van der Waals surface area (Å²) in [6.07, 6.45) is 0. The van der Waals surface area contributed by atoms with E-state index in [9.17, 15) is 0 Å². The summed E-state index contributed by atoms with van der Waals surface area (Å²) in [6.45, 7) is 4.32. The molecule has 0 radical (unpaired) electrons. The molecule has 4 aromatic rings. The van der Waals surface area contributed by atoms with Gasteiger partial charge in [-0.2, -0.15) is 0 Å². The predicted octanol–water partition coefficient (Wildman–Crippen LogP) is 7.30.